The van der Waals surface area contributed by atoms with Gasteiger partial charge in [-0.05, 0) is 49.2 Å². The SMILES string of the molecule is CCCCCCOc1ccc(NC(=O)COc2ccccc2C)cc1. The Morgan fingerprint density at radius 3 is 2.44 bits per heavy atom. The Morgan fingerprint density at radius 1 is 0.960 bits per heavy atom. The zero-order valence-corrected chi connectivity index (χ0v) is 15.1. The largest absolute Gasteiger partial charge is 0.494 e. The monoisotopic (exact) mass is 341 g/mol. The fourth-order valence-corrected chi connectivity index (χ4v) is 2.41. The number of aryl methyl sites for hydroxylation is 1. The van der Waals surface area contributed by atoms with Gasteiger partial charge in [-0.15, -0.1) is 0 Å². The minimum atomic E-state index is -0.184. The Labute approximate surface area is 150 Å². The number of amides is 1. The number of unbranched alkanes of at least 4 members (excludes halogenated alkanes) is 3. The number of rotatable bonds is 10. The average Bonchev–Trinajstić information content (AvgIpc) is 2.62. The molecule has 0 aliphatic carbocycles. The van der Waals surface area contributed by atoms with Gasteiger partial charge in [0.05, 0.1) is 6.61 Å². The Hall–Kier alpha value is -2.49. The molecule has 134 valence electrons. The van der Waals surface area contributed by atoms with Crippen LogP contribution in [-0.2, 0) is 4.79 Å². The second-order valence-corrected chi connectivity index (χ2v) is 6.04. The van der Waals surface area contributed by atoms with Gasteiger partial charge >= 0.3 is 0 Å². The van der Waals surface area contributed by atoms with Crippen LogP contribution in [0, 0.1) is 6.92 Å². The summed E-state index contributed by atoms with van der Waals surface area (Å²) in [7, 11) is 0. The molecule has 2 rings (SSSR count). The van der Waals surface area contributed by atoms with E-state index < -0.39 is 0 Å². The number of hydrogen-bond donors (Lipinski definition) is 1. The van der Waals surface area contributed by atoms with E-state index in [0.29, 0.717) is 0 Å². The number of anilines is 1. The first-order valence-corrected chi connectivity index (χ1v) is 8.90. The van der Waals surface area contributed by atoms with E-state index in [1.807, 2.05) is 55.5 Å². The fourth-order valence-electron chi connectivity index (χ4n) is 2.41. The summed E-state index contributed by atoms with van der Waals surface area (Å²) in [5.41, 5.74) is 1.74. The molecule has 0 fully saturated rings. The van der Waals surface area contributed by atoms with Crippen LogP contribution in [0.4, 0.5) is 5.69 Å². The summed E-state index contributed by atoms with van der Waals surface area (Å²) < 4.78 is 11.2. The minimum absolute atomic E-state index is 0.0134. The Kier molecular flexibility index (Phi) is 7.83. The van der Waals surface area contributed by atoms with Gasteiger partial charge < -0.3 is 14.8 Å². The third kappa shape index (κ3) is 6.87. The molecule has 25 heavy (non-hydrogen) atoms. The van der Waals surface area contributed by atoms with E-state index in [9.17, 15) is 4.79 Å². The number of benzene rings is 2. The number of carbonyl (C=O) groups is 1. The predicted molar refractivity (Wildman–Crippen MR) is 101 cm³/mol. The van der Waals surface area contributed by atoms with Crippen LogP contribution in [0.3, 0.4) is 0 Å². The fraction of sp³-hybridized carbons (Fsp3) is 0.381. The Morgan fingerprint density at radius 2 is 1.72 bits per heavy atom. The van der Waals surface area contributed by atoms with Gasteiger partial charge in [0, 0.05) is 5.69 Å². The molecule has 0 saturated heterocycles. The van der Waals surface area contributed by atoms with Gasteiger partial charge in [0.15, 0.2) is 6.61 Å². The van der Waals surface area contributed by atoms with Crippen LogP contribution in [0.15, 0.2) is 48.5 Å². The lowest BCUT2D eigenvalue weighted by Gasteiger charge is -2.10. The summed E-state index contributed by atoms with van der Waals surface area (Å²) in [5, 5.41) is 2.82. The quantitative estimate of drug-likeness (QED) is 0.621. The van der Waals surface area contributed by atoms with Crippen molar-refractivity contribution < 1.29 is 14.3 Å². The van der Waals surface area contributed by atoms with Crippen molar-refractivity contribution >= 4 is 11.6 Å². The summed E-state index contributed by atoms with van der Waals surface area (Å²) in [6.45, 7) is 4.87. The van der Waals surface area contributed by atoms with Crippen molar-refractivity contribution in [3.8, 4) is 11.5 Å². The molecule has 4 heteroatoms. The standard InChI is InChI=1S/C21H27NO3/c1-3-4-5-8-15-24-19-13-11-18(12-14-19)22-21(23)16-25-20-10-7-6-9-17(20)2/h6-7,9-14H,3-5,8,15-16H2,1-2H3,(H,22,23). The molecule has 0 heterocycles. The molecule has 0 spiro atoms. The molecule has 0 aliphatic rings. The highest BCUT2D eigenvalue weighted by atomic mass is 16.5. The van der Waals surface area contributed by atoms with Gasteiger partial charge in [0.25, 0.3) is 5.91 Å². The van der Waals surface area contributed by atoms with Gasteiger partial charge in [-0.2, -0.15) is 0 Å². The topological polar surface area (TPSA) is 47.6 Å². The number of nitrogens with one attached hydrogen (secondary N) is 1. The van der Waals surface area contributed by atoms with Crippen molar-refractivity contribution in [2.45, 2.75) is 39.5 Å². The van der Waals surface area contributed by atoms with Gasteiger partial charge in [0.1, 0.15) is 11.5 Å². The van der Waals surface area contributed by atoms with Crippen LogP contribution in [0.25, 0.3) is 0 Å². The van der Waals surface area contributed by atoms with E-state index in [4.69, 9.17) is 9.47 Å². The smallest absolute Gasteiger partial charge is 0.262 e. The van der Waals surface area contributed by atoms with Gasteiger partial charge in [-0.1, -0.05) is 44.4 Å². The molecule has 0 bridgehead atoms. The first-order chi connectivity index (χ1) is 12.2. The molecule has 4 nitrogen and oxygen atoms in total. The van der Waals surface area contributed by atoms with Gasteiger partial charge in [-0.25, -0.2) is 0 Å². The van der Waals surface area contributed by atoms with Crippen molar-refractivity contribution in [2.75, 3.05) is 18.5 Å². The maximum absolute atomic E-state index is 12.0. The molecular weight excluding hydrogens is 314 g/mol. The van der Waals surface area contributed by atoms with E-state index in [-0.39, 0.29) is 12.5 Å². The Bertz CT molecular complexity index is 652. The molecular formula is C21H27NO3. The normalized spacial score (nSPS) is 10.3. The molecule has 0 aromatic heterocycles. The zero-order valence-electron chi connectivity index (χ0n) is 15.1. The van der Waals surface area contributed by atoms with Crippen molar-refractivity contribution in [1.82, 2.24) is 0 Å². The summed E-state index contributed by atoms with van der Waals surface area (Å²) in [6.07, 6.45) is 4.74. The first kappa shape index (κ1) is 18.8. The van der Waals surface area contributed by atoms with Crippen molar-refractivity contribution in [3.63, 3.8) is 0 Å². The van der Waals surface area contributed by atoms with Crippen molar-refractivity contribution in [1.29, 1.82) is 0 Å². The number of ether oxygens (including phenoxy) is 2. The lowest BCUT2D eigenvalue weighted by molar-refractivity contribution is -0.118. The number of para-hydroxylation sites is 1. The summed E-state index contributed by atoms with van der Waals surface area (Å²) in [5.74, 6) is 1.37. The highest BCUT2D eigenvalue weighted by molar-refractivity contribution is 5.91. The van der Waals surface area contributed by atoms with Gasteiger partial charge in [0.2, 0.25) is 0 Å². The van der Waals surface area contributed by atoms with E-state index >= 15 is 0 Å². The van der Waals surface area contributed by atoms with Crippen LogP contribution < -0.4 is 14.8 Å². The van der Waals surface area contributed by atoms with Crippen LogP contribution in [-0.4, -0.2) is 19.1 Å². The number of carbonyl (C=O) groups excluding carboxylic acids is 1. The average molecular weight is 341 g/mol. The summed E-state index contributed by atoms with van der Waals surface area (Å²) in [4.78, 5) is 12.0. The Balaban J connectivity index is 1.73. The molecule has 0 aliphatic heterocycles. The third-order valence-corrected chi connectivity index (χ3v) is 3.86. The zero-order chi connectivity index (χ0) is 17.9. The highest BCUT2D eigenvalue weighted by Crippen LogP contribution is 2.18. The molecule has 1 amide bonds. The van der Waals surface area contributed by atoms with Crippen LogP contribution in [0.1, 0.15) is 38.2 Å². The second-order valence-electron chi connectivity index (χ2n) is 6.04. The van der Waals surface area contributed by atoms with E-state index in [1.54, 1.807) is 0 Å². The maximum Gasteiger partial charge on any atom is 0.262 e. The molecule has 0 saturated carbocycles. The van der Waals surface area contributed by atoms with E-state index in [2.05, 4.69) is 12.2 Å². The van der Waals surface area contributed by atoms with Crippen LogP contribution >= 0.6 is 0 Å². The van der Waals surface area contributed by atoms with E-state index in [1.165, 1.54) is 19.3 Å². The highest BCUT2D eigenvalue weighted by Gasteiger charge is 2.05. The van der Waals surface area contributed by atoms with Crippen molar-refractivity contribution in [2.24, 2.45) is 0 Å². The summed E-state index contributed by atoms with van der Waals surface area (Å²) >= 11 is 0. The van der Waals surface area contributed by atoms with E-state index in [0.717, 1.165) is 35.8 Å². The maximum atomic E-state index is 12.0. The van der Waals surface area contributed by atoms with Crippen molar-refractivity contribution in [3.05, 3.63) is 54.1 Å². The predicted octanol–water partition coefficient (Wildman–Crippen LogP) is 4.97. The minimum Gasteiger partial charge on any atom is -0.494 e. The lowest BCUT2D eigenvalue weighted by atomic mass is 10.2. The van der Waals surface area contributed by atoms with Crippen LogP contribution in [0.5, 0.6) is 11.5 Å². The molecule has 1 N–H and O–H groups in total. The molecule has 2 aromatic carbocycles. The van der Waals surface area contributed by atoms with Gasteiger partial charge in [-0.3, -0.25) is 4.79 Å². The summed E-state index contributed by atoms with van der Waals surface area (Å²) in [6, 6.07) is 15.1. The molecule has 0 atom stereocenters. The lowest BCUT2D eigenvalue weighted by Crippen LogP contribution is -2.20. The molecule has 0 radical (unpaired) electrons. The molecule has 2 aromatic rings. The number of hydrogen-bond acceptors (Lipinski definition) is 3. The van der Waals surface area contributed by atoms with Crippen LogP contribution in [0.2, 0.25) is 0 Å². The third-order valence-electron chi connectivity index (χ3n) is 3.86. The first-order valence-electron chi connectivity index (χ1n) is 8.90. The molecule has 0 unspecified atom stereocenters. The second kappa shape index (κ2) is 10.4.